The SMILES string of the molecule is N#Cc1nccc(OC2CC(n3nc4n(c3=O)[C@H](c3cc(F)cc(F)c3)CC4)C2)n1. The molecule has 5 rings (SSSR count). The van der Waals surface area contributed by atoms with Gasteiger partial charge >= 0.3 is 5.69 Å². The van der Waals surface area contributed by atoms with Gasteiger partial charge in [-0.1, -0.05) is 0 Å². The third-order valence-electron chi connectivity index (χ3n) is 5.56. The highest BCUT2D eigenvalue weighted by Gasteiger charge is 2.38. The molecule has 1 aliphatic carbocycles. The smallest absolute Gasteiger partial charge is 0.346 e. The lowest BCUT2D eigenvalue weighted by Gasteiger charge is -2.34. The lowest BCUT2D eigenvalue weighted by molar-refractivity contribution is 0.0583. The second kappa shape index (κ2) is 7.02. The van der Waals surface area contributed by atoms with E-state index in [2.05, 4.69) is 15.1 Å². The molecule has 0 radical (unpaired) electrons. The van der Waals surface area contributed by atoms with Crippen LogP contribution in [-0.2, 0) is 6.42 Å². The van der Waals surface area contributed by atoms with Gasteiger partial charge in [0.25, 0.3) is 0 Å². The molecule has 8 nitrogen and oxygen atoms in total. The number of hydrogen-bond donors (Lipinski definition) is 0. The molecule has 0 unspecified atom stereocenters. The Morgan fingerprint density at radius 1 is 1.20 bits per heavy atom. The minimum atomic E-state index is -0.665. The first-order valence-corrected chi connectivity index (χ1v) is 9.57. The quantitative estimate of drug-likeness (QED) is 0.655. The number of nitrogens with zero attached hydrogens (tertiary/aromatic N) is 6. The summed E-state index contributed by atoms with van der Waals surface area (Å²) in [6.07, 6.45) is 3.59. The summed E-state index contributed by atoms with van der Waals surface area (Å²) in [6, 6.07) is 6.22. The molecule has 10 heteroatoms. The second-order valence-corrected chi connectivity index (χ2v) is 7.47. The Balaban J connectivity index is 1.32. The number of halogens is 2. The lowest BCUT2D eigenvalue weighted by atomic mass is 9.89. The summed E-state index contributed by atoms with van der Waals surface area (Å²) in [7, 11) is 0. The van der Waals surface area contributed by atoms with Gasteiger partial charge in [-0.15, -0.1) is 0 Å². The van der Waals surface area contributed by atoms with Crippen molar-refractivity contribution >= 4 is 0 Å². The molecular formula is C20H16F2N6O2. The number of rotatable bonds is 4. The average molecular weight is 410 g/mol. The molecule has 0 bridgehead atoms. The molecule has 1 aliphatic heterocycles. The molecular weight excluding hydrogens is 394 g/mol. The van der Waals surface area contributed by atoms with Crippen LogP contribution in [-0.4, -0.2) is 30.4 Å². The minimum Gasteiger partial charge on any atom is -0.474 e. The second-order valence-electron chi connectivity index (χ2n) is 7.47. The maximum Gasteiger partial charge on any atom is 0.346 e. The van der Waals surface area contributed by atoms with Crippen LogP contribution in [0, 0.1) is 23.0 Å². The molecule has 3 heterocycles. The molecule has 1 aromatic carbocycles. The molecule has 1 atom stereocenters. The number of aryl methyl sites for hydroxylation is 1. The lowest BCUT2D eigenvalue weighted by Crippen LogP contribution is -2.41. The van der Waals surface area contributed by atoms with E-state index in [1.807, 2.05) is 6.07 Å². The van der Waals surface area contributed by atoms with E-state index >= 15 is 0 Å². The van der Waals surface area contributed by atoms with Gasteiger partial charge in [0.1, 0.15) is 29.6 Å². The Morgan fingerprint density at radius 3 is 2.70 bits per heavy atom. The third-order valence-corrected chi connectivity index (χ3v) is 5.56. The van der Waals surface area contributed by atoms with Crippen molar-refractivity contribution in [1.29, 1.82) is 5.26 Å². The predicted molar refractivity (Wildman–Crippen MR) is 98.7 cm³/mol. The van der Waals surface area contributed by atoms with E-state index in [1.165, 1.54) is 27.6 Å². The van der Waals surface area contributed by atoms with Crippen molar-refractivity contribution in [2.45, 2.75) is 43.9 Å². The van der Waals surface area contributed by atoms with Crippen LogP contribution in [0.2, 0.25) is 0 Å². The first-order valence-electron chi connectivity index (χ1n) is 9.57. The standard InChI is InChI=1S/C20H16F2N6O2/c21-12-5-11(6-13(22)7-12)16-1-2-18-26-28(20(29)27(16)18)14-8-15(9-14)30-19-3-4-24-17(10-23)25-19/h3-7,14-16H,1-2,8-9H2/t14?,15?,16-/m0/s1. The van der Waals surface area contributed by atoms with Gasteiger partial charge in [0.05, 0.1) is 12.1 Å². The highest BCUT2D eigenvalue weighted by atomic mass is 19.1. The Hall–Kier alpha value is -3.61. The maximum atomic E-state index is 13.6. The predicted octanol–water partition coefficient (Wildman–Crippen LogP) is 2.30. The molecule has 2 aromatic heterocycles. The minimum absolute atomic E-state index is 0.0324. The van der Waals surface area contributed by atoms with Crippen LogP contribution in [0.5, 0.6) is 5.88 Å². The monoisotopic (exact) mass is 410 g/mol. The van der Waals surface area contributed by atoms with Crippen molar-refractivity contribution in [3.8, 4) is 11.9 Å². The Labute approximate surface area is 169 Å². The van der Waals surface area contributed by atoms with Crippen molar-refractivity contribution in [2.75, 3.05) is 0 Å². The van der Waals surface area contributed by atoms with Crippen LogP contribution in [0.25, 0.3) is 0 Å². The molecule has 0 N–H and O–H groups in total. The van der Waals surface area contributed by atoms with Gasteiger partial charge in [-0.2, -0.15) is 15.3 Å². The zero-order valence-corrected chi connectivity index (χ0v) is 15.7. The first-order chi connectivity index (χ1) is 14.5. The van der Waals surface area contributed by atoms with Gasteiger partial charge in [0, 0.05) is 37.6 Å². The number of ether oxygens (including phenoxy) is 1. The normalized spacial score (nSPS) is 22.2. The zero-order valence-electron chi connectivity index (χ0n) is 15.7. The van der Waals surface area contributed by atoms with Crippen molar-refractivity contribution in [1.82, 2.24) is 24.3 Å². The molecule has 0 spiro atoms. The molecule has 2 aliphatic rings. The molecule has 152 valence electrons. The zero-order chi connectivity index (χ0) is 20.8. The van der Waals surface area contributed by atoms with Crippen molar-refractivity contribution in [3.63, 3.8) is 0 Å². The van der Waals surface area contributed by atoms with Crippen LogP contribution in [0.4, 0.5) is 8.78 Å². The Bertz CT molecular complexity index is 1200. The molecule has 1 saturated carbocycles. The summed E-state index contributed by atoms with van der Waals surface area (Å²) >= 11 is 0. The first kappa shape index (κ1) is 18.4. The number of nitriles is 1. The highest BCUT2D eigenvalue weighted by Crippen LogP contribution is 2.35. The van der Waals surface area contributed by atoms with Gasteiger partial charge in [-0.3, -0.25) is 4.57 Å². The van der Waals surface area contributed by atoms with Gasteiger partial charge < -0.3 is 4.74 Å². The van der Waals surface area contributed by atoms with Crippen LogP contribution < -0.4 is 10.4 Å². The topological polar surface area (TPSA) is 98.6 Å². The Kier molecular flexibility index (Phi) is 4.31. The third kappa shape index (κ3) is 3.12. The summed E-state index contributed by atoms with van der Waals surface area (Å²) in [5, 5.41) is 13.3. The molecule has 1 fully saturated rings. The van der Waals surface area contributed by atoms with Gasteiger partial charge in [-0.05, 0) is 24.1 Å². The van der Waals surface area contributed by atoms with Crippen LogP contribution in [0.1, 0.15) is 48.6 Å². The fourth-order valence-corrected chi connectivity index (χ4v) is 4.10. The van der Waals surface area contributed by atoms with E-state index in [1.54, 1.807) is 6.07 Å². The summed E-state index contributed by atoms with van der Waals surface area (Å²) in [4.78, 5) is 20.8. The molecule has 30 heavy (non-hydrogen) atoms. The maximum absolute atomic E-state index is 13.6. The summed E-state index contributed by atoms with van der Waals surface area (Å²) in [5.74, 6) is -0.361. The Morgan fingerprint density at radius 2 is 1.97 bits per heavy atom. The highest BCUT2D eigenvalue weighted by molar-refractivity contribution is 5.25. The van der Waals surface area contributed by atoms with E-state index in [4.69, 9.17) is 10.00 Å². The summed E-state index contributed by atoms with van der Waals surface area (Å²) < 4.78 is 36.0. The molecule has 0 amide bonds. The van der Waals surface area contributed by atoms with E-state index in [0.717, 1.165) is 6.07 Å². The number of fused-ring (bicyclic) bond motifs is 1. The van der Waals surface area contributed by atoms with Crippen LogP contribution in [0.15, 0.2) is 35.3 Å². The van der Waals surface area contributed by atoms with Crippen LogP contribution in [0.3, 0.4) is 0 Å². The number of benzene rings is 1. The van der Waals surface area contributed by atoms with Crippen molar-refractivity contribution < 1.29 is 13.5 Å². The largest absolute Gasteiger partial charge is 0.474 e. The number of hydrogen-bond acceptors (Lipinski definition) is 6. The van der Waals surface area contributed by atoms with E-state index in [0.29, 0.717) is 43.0 Å². The van der Waals surface area contributed by atoms with Gasteiger partial charge in [-0.25, -0.2) is 23.2 Å². The van der Waals surface area contributed by atoms with Crippen LogP contribution >= 0.6 is 0 Å². The van der Waals surface area contributed by atoms with E-state index < -0.39 is 17.7 Å². The van der Waals surface area contributed by atoms with Crippen molar-refractivity contribution in [3.05, 3.63) is 69.8 Å². The fourth-order valence-electron chi connectivity index (χ4n) is 4.10. The van der Waals surface area contributed by atoms with E-state index in [-0.39, 0.29) is 23.7 Å². The summed E-state index contributed by atoms with van der Waals surface area (Å²) in [6.45, 7) is 0. The summed E-state index contributed by atoms with van der Waals surface area (Å²) in [5.41, 5.74) is 0.147. The average Bonchev–Trinajstić information content (AvgIpc) is 3.24. The van der Waals surface area contributed by atoms with Gasteiger partial charge in [0.15, 0.2) is 0 Å². The molecule has 3 aromatic rings. The number of aromatic nitrogens is 5. The van der Waals surface area contributed by atoms with Crippen molar-refractivity contribution in [2.24, 2.45) is 0 Å². The van der Waals surface area contributed by atoms with E-state index in [9.17, 15) is 13.6 Å². The molecule has 0 saturated heterocycles. The fraction of sp³-hybridized carbons (Fsp3) is 0.350. The van der Waals surface area contributed by atoms with Gasteiger partial charge in [0.2, 0.25) is 11.7 Å².